The van der Waals surface area contributed by atoms with Crippen LogP contribution in [0.25, 0.3) is 6.08 Å². The quantitative estimate of drug-likeness (QED) is 0.463. The molecule has 0 saturated carbocycles. The molecule has 1 aliphatic rings. The Bertz CT molecular complexity index is 904. The monoisotopic (exact) mass is 387 g/mol. The lowest BCUT2D eigenvalue weighted by Crippen LogP contribution is -2.48. The number of carbonyl (C=O) groups excluding carboxylic acids is 1. The highest BCUT2D eigenvalue weighted by molar-refractivity contribution is 7.89. The topological polar surface area (TPSA) is 90.0 Å². The van der Waals surface area contributed by atoms with E-state index in [1.54, 1.807) is 12.1 Å². The van der Waals surface area contributed by atoms with Crippen LogP contribution in [-0.4, -0.2) is 50.0 Å². The maximum absolute atomic E-state index is 12.8. The van der Waals surface area contributed by atoms with E-state index >= 15 is 0 Å². The minimum Gasteiger partial charge on any atom is -0.369 e. The van der Waals surface area contributed by atoms with Gasteiger partial charge in [-0.25, -0.2) is 13.9 Å². The van der Waals surface area contributed by atoms with Crippen LogP contribution in [0, 0.1) is 0 Å². The number of hydroxylamine groups is 1. The fourth-order valence-electron chi connectivity index (χ4n) is 2.93. The molecule has 27 heavy (non-hydrogen) atoms. The van der Waals surface area contributed by atoms with Crippen molar-refractivity contribution in [3.05, 3.63) is 66.2 Å². The second kappa shape index (κ2) is 8.34. The molecule has 8 heteroatoms. The minimum absolute atomic E-state index is 0.222. The number of hydrogen-bond donors (Lipinski definition) is 2. The number of nitrogens with one attached hydrogen (secondary N) is 1. The van der Waals surface area contributed by atoms with Gasteiger partial charge in [0.15, 0.2) is 0 Å². The number of nitrogens with zero attached hydrogens (tertiary/aromatic N) is 2. The second-order valence-corrected chi connectivity index (χ2v) is 8.04. The minimum atomic E-state index is -3.56. The van der Waals surface area contributed by atoms with Gasteiger partial charge in [-0.1, -0.05) is 30.3 Å². The number of benzene rings is 2. The summed E-state index contributed by atoms with van der Waals surface area (Å²) in [5.41, 5.74) is 3.25. The SMILES string of the molecule is O=C(C=Cc1ccc(S(=O)(=O)N2CCN(c3ccccc3)CC2)cc1)NO. The number of piperazine rings is 1. The van der Waals surface area contributed by atoms with Gasteiger partial charge in [-0.15, -0.1) is 0 Å². The van der Waals surface area contributed by atoms with Gasteiger partial charge in [0, 0.05) is 37.9 Å². The molecule has 0 aliphatic carbocycles. The van der Waals surface area contributed by atoms with E-state index in [0.29, 0.717) is 31.7 Å². The molecule has 0 unspecified atom stereocenters. The predicted molar refractivity (Wildman–Crippen MR) is 103 cm³/mol. The van der Waals surface area contributed by atoms with E-state index in [1.165, 1.54) is 28.0 Å². The Balaban J connectivity index is 1.66. The molecule has 2 aromatic carbocycles. The summed E-state index contributed by atoms with van der Waals surface area (Å²) < 4.78 is 27.2. The first kappa shape index (κ1) is 19.1. The lowest BCUT2D eigenvalue weighted by atomic mass is 10.2. The fraction of sp³-hybridized carbons (Fsp3) is 0.211. The summed E-state index contributed by atoms with van der Waals surface area (Å²) in [5, 5.41) is 8.46. The highest BCUT2D eigenvalue weighted by Gasteiger charge is 2.28. The van der Waals surface area contributed by atoms with Crippen molar-refractivity contribution >= 4 is 27.7 Å². The van der Waals surface area contributed by atoms with Crippen molar-refractivity contribution in [3.8, 4) is 0 Å². The van der Waals surface area contributed by atoms with E-state index in [2.05, 4.69) is 4.90 Å². The Labute approximate surface area is 158 Å². The summed E-state index contributed by atoms with van der Waals surface area (Å²) in [6.07, 6.45) is 2.65. The van der Waals surface area contributed by atoms with Crippen molar-refractivity contribution in [2.45, 2.75) is 4.90 Å². The first-order valence-electron chi connectivity index (χ1n) is 8.53. The van der Waals surface area contributed by atoms with E-state index in [0.717, 1.165) is 11.8 Å². The molecule has 0 aromatic heterocycles. The highest BCUT2D eigenvalue weighted by Crippen LogP contribution is 2.21. The highest BCUT2D eigenvalue weighted by atomic mass is 32.2. The van der Waals surface area contributed by atoms with Gasteiger partial charge in [0.1, 0.15) is 0 Å². The van der Waals surface area contributed by atoms with Crippen molar-refractivity contribution in [3.63, 3.8) is 0 Å². The van der Waals surface area contributed by atoms with Crippen LogP contribution in [0.5, 0.6) is 0 Å². The Morgan fingerprint density at radius 2 is 1.59 bits per heavy atom. The number of carbonyl (C=O) groups is 1. The normalized spacial score (nSPS) is 15.8. The predicted octanol–water partition coefficient (Wildman–Crippen LogP) is 1.72. The molecule has 1 fully saturated rings. The van der Waals surface area contributed by atoms with Crippen molar-refractivity contribution < 1.29 is 18.4 Å². The van der Waals surface area contributed by atoms with Gasteiger partial charge in [-0.2, -0.15) is 4.31 Å². The van der Waals surface area contributed by atoms with Gasteiger partial charge in [-0.05, 0) is 35.9 Å². The maximum atomic E-state index is 12.8. The van der Waals surface area contributed by atoms with Crippen LogP contribution < -0.4 is 10.4 Å². The fourth-order valence-corrected chi connectivity index (χ4v) is 4.36. The lowest BCUT2D eigenvalue weighted by molar-refractivity contribution is -0.124. The van der Waals surface area contributed by atoms with Gasteiger partial charge < -0.3 is 4.90 Å². The second-order valence-electron chi connectivity index (χ2n) is 6.11. The molecule has 0 spiro atoms. The van der Waals surface area contributed by atoms with Gasteiger partial charge in [0.05, 0.1) is 4.90 Å². The van der Waals surface area contributed by atoms with Crippen LogP contribution in [0.1, 0.15) is 5.56 Å². The molecule has 0 atom stereocenters. The molecule has 0 radical (unpaired) electrons. The third-order valence-electron chi connectivity index (χ3n) is 4.42. The summed E-state index contributed by atoms with van der Waals surface area (Å²) in [5.74, 6) is -0.650. The largest absolute Gasteiger partial charge is 0.369 e. The van der Waals surface area contributed by atoms with E-state index in [4.69, 9.17) is 5.21 Å². The Hall–Kier alpha value is -2.68. The van der Waals surface area contributed by atoms with Gasteiger partial charge in [0.25, 0.3) is 5.91 Å². The van der Waals surface area contributed by atoms with E-state index in [-0.39, 0.29) is 4.90 Å². The zero-order valence-electron chi connectivity index (χ0n) is 14.7. The molecule has 1 amide bonds. The number of rotatable bonds is 5. The Kier molecular flexibility index (Phi) is 5.90. The first-order valence-corrected chi connectivity index (χ1v) is 9.97. The van der Waals surface area contributed by atoms with Crippen molar-refractivity contribution in [2.75, 3.05) is 31.1 Å². The molecule has 7 nitrogen and oxygen atoms in total. The van der Waals surface area contributed by atoms with Crippen molar-refractivity contribution in [1.82, 2.24) is 9.79 Å². The standard InChI is InChI=1S/C19H21N3O4S/c23-19(20-24)11-8-16-6-9-18(10-7-16)27(25,26)22-14-12-21(13-15-22)17-4-2-1-3-5-17/h1-11,24H,12-15H2,(H,20,23). The number of hydrogen-bond acceptors (Lipinski definition) is 5. The molecule has 1 saturated heterocycles. The first-order chi connectivity index (χ1) is 13.0. The maximum Gasteiger partial charge on any atom is 0.267 e. The zero-order valence-corrected chi connectivity index (χ0v) is 15.5. The van der Waals surface area contributed by atoms with Gasteiger partial charge in [-0.3, -0.25) is 10.0 Å². The smallest absolute Gasteiger partial charge is 0.267 e. The Morgan fingerprint density at radius 3 is 2.19 bits per heavy atom. The van der Waals surface area contributed by atoms with Gasteiger partial charge >= 0.3 is 0 Å². The third-order valence-corrected chi connectivity index (χ3v) is 6.33. The van der Waals surface area contributed by atoms with E-state index in [1.807, 2.05) is 30.3 Å². The summed E-state index contributed by atoms with van der Waals surface area (Å²) in [7, 11) is -3.56. The van der Waals surface area contributed by atoms with Crippen LogP contribution >= 0.6 is 0 Å². The van der Waals surface area contributed by atoms with Crippen LogP contribution in [0.3, 0.4) is 0 Å². The van der Waals surface area contributed by atoms with Crippen LogP contribution in [0.2, 0.25) is 0 Å². The molecule has 3 rings (SSSR count). The number of sulfonamides is 1. The Morgan fingerprint density at radius 1 is 0.963 bits per heavy atom. The molecular formula is C19H21N3O4S. The van der Waals surface area contributed by atoms with Crippen LogP contribution in [0.15, 0.2) is 65.6 Å². The number of amides is 1. The van der Waals surface area contributed by atoms with Crippen molar-refractivity contribution in [1.29, 1.82) is 0 Å². The summed E-state index contributed by atoms with van der Waals surface area (Å²) in [6, 6.07) is 16.2. The summed E-state index contributed by atoms with van der Waals surface area (Å²) >= 11 is 0. The molecule has 2 N–H and O–H groups in total. The van der Waals surface area contributed by atoms with Crippen LogP contribution in [-0.2, 0) is 14.8 Å². The molecule has 0 bridgehead atoms. The molecular weight excluding hydrogens is 366 g/mol. The van der Waals surface area contributed by atoms with E-state index < -0.39 is 15.9 Å². The average molecular weight is 387 g/mol. The molecule has 1 heterocycles. The molecule has 2 aromatic rings. The van der Waals surface area contributed by atoms with Gasteiger partial charge in [0.2, 0.25) is 10.0 Å². The van der Waals surface area contributed by atoms with E-state index in [9.17, 15) is 13.2 Å². The third kappa shape index (κ3) is 4.54. The average Bonchev–Trinajstić information content (AvgIpc) is 2.73. The molecule has 142 valence electrons. The van der Waals surface area contributed by atoms with Crippen LogP contribution in [0.4, 0.5) is 5.69 Å². The lowest BCUT2D eigenvalue weighted by Gasteiger charge is -2.35. The number of anilines is 1. The zero-order chi connectivity index (χ0) is 19.3. The summed E-state index contributed by atoms with van der Waals surface area (Å²) in [6.45, 7) is 2.13. The van der Waals surface area contributed by atoms with Crippen molar-refractivity contribution in [2.24, 2.45) is 0 Å². The number of para-hydroxylation sites is 1. The summed E-state index contributed by atoms with van der Waals surface area (Å²) in [4.78, 5) is 13.4. The molecule has 1 aliphatic heterocycles.